The van der Waals surface area contributed by atoms with Crippen LogP contribution >= 0.6 is 0 Å². The summed E-state index contributed by atoms with van der Waals surface area (Å²) in [5, 5.41) is 6.16. The van der Waals surface area contributed by atoms with Crippen molar-refractivity contribution in [1.82, 2.24) is 10.6 Å². The van der Waals surface area contributed by atoms with E-state index in [-0.39, 0.29) is 11.9 Å². The number of carbonyl (C=O) groups is 1. The summed E-state index contributed by atoms with van der Waals surface area (Å²) in [4.78, 5) is 11.4. The summed E-state index contributed by atoms with van der Waals surface area (Å²) in [7, 11) is 0. The van der Waals surface area contributed by atoms with Crippen molar-refractivity contribution in [3.05, 3.63) is 41.5 Å². The third kappa shape index (κ3) is 7.42. The van der Waals surface area contributed by atoms with Gasteiger partial charge in [0, 0.05) is 25.6 Å². The lowest BCUT2D eigenvalue weighted by Crippen LogP contribution is -2.32. The van der Waals surface area contributed by atoms with Crippen molar-refractivity contribution in [2.45, 2.75) is 33.2 Å². The molecule has 3 heteroatoms. The highest BCUT2D eigenvalue weighted by Gasteiger charge is 2.01. The van der Waals surface area contributed by atoms with Gasteiger partial charge in [0.2, 0.25) is 5.91 Å². The van der Waals surface area contributed by atoms with Gasteiger partial charge < -0.3 is 10.6 Å². The van der Waals surface area contributed by atoms with Gasteiger partial charge in [0.25, 0.3) is 0 Å². The number of hydrogen-bond donors (Lipinski definition) is 2. The van der Waals surface area contributed by atoms with Crippen LogP contribution in [0.1, 0.15) is 32.8 Å². The summed E-state index contributed by atoms with van der Waals surface area (Å²) < 4.78 is 0. The Balaban J connectivity index is 2.22. The molecule has 1 amide bonds. The van der Waals surface area contributed by atoms with Gasteiger partial charge in [0.1, 0.15) is 0 Å². The molecule has 0 aliphatic carbocycles. The lowest BCUT2D eigenvalue weighted by Gasteiger charge is -2.09. The Labute approximate surface area is 116 Å². The number of benzene rings is 1. The highest BCUT2D eigenvalue weighted by molar-refractivity contribution is 5.76. The van der Waals surface area contributed by atoms with Gasteiger partial charge in [0.05, 0.1) is 0 Å². The first-order chi connectivity index (χ1) is 9.08. The molecule has 1 aromatic carbocycles. The molecule has 0 aromatic heterocycles. The Kier molecular flexibility index (Phi) is 6.90. The molecule has 0 bridgehead atoms. The normalized spacial score (nSPS) is 11.7. The van der Waals surface area contributed by atoms with Crippen molar-refractivity contribution in [3.8, 4) is 0 Å². The minimum Gasteiger partial charge on any atom is -0.354 e. The lowest BCUT2D eigenvalue weighted by molar-refractivity contribution is -0.121. The smallest absolute Gasteiger partial charge is 0.221 e. The second-order valence-corrected chi connectivity index (χ2v) is 5.05. The zero-order chi connectivity index (χ0) is 14.1. The highest BCUT2D eigenvalue weighted by atomic mass is 16.1. The zero-order valence-electron chi connectivity index (χ0n) is 12.1. The Morgan fingerprint density at radius 2 is 1.95 bits per heavy atom. The first-order valence-electron chi connectivity index (χ1n) is 6.80. The zero-order valence-corrected chi connectivity index (χ0v) is 12.1. The maximum atomic E-state index is 11.4. The van der Waals surface area contributed by atoms with Crippen LogP contribution in [0.15, 0.2) is 35.9 Å². The molecular formula is C16H24N2O. The number of rotatable bonds is 7. The quantitative estimate of drug-likeness (QED) is 0.740. The molecule has 0 saturated heterocycles. The van der Waals surface area contributed by atoms with Crippen LogP contribution in [0.25, 0.3) is 6.08 Å². The fraction of sp³-hybridized carbons (Fsp3) is 0.438. The summed E-state index contributed by atoms with van der Waals surface area (Å²) in [6.45, 7) is 7.55. The Bertz CT molecular complexity index is 410. The molecular weight excluding hydrogens is 236 g/mol. The predicted molar refractivity (Wildman–Crippen MR) is 80.9 cm³/mol. The van der Waals surface area contributed by atoms with E-state index >= 15 is 0 Å². The first kappa shape index (κ1) is 15.4. The van der Waals surface area contributed by atoms with E-state index in [1.807, 2.05) is 32.0 Å². The van der Waals surface area contributed by atoms with E-state index in [2.05, 4.69) is 35.8 Å². The third-order valence-electron chi connectivity index (χ3n) is 2.59. The molecule has 19 heavy (non-hydrogen) atoms. The van der Waals surface area contributed by atoms with Crippen LogP contribution in [0.3, 0.4) is 0 Å². The number of hydrogen-bond acceptors (Lipinski definition) is 2. The predicted octanol–water partition coefficient (Wildman–Crippen LogP) is 2.59. The van der Waals surface area contributed by atoms with Crippen LogP contribution < -0.4 is 10.6 Å². The molecule has 0 heterocycles. The Morgan fingerprint density at radius 3 is 2.58 bits per heavy atom. The average molecular weight is 260 g/mol. The summed E-state index contributed by atoms with van der Waals surface area (Å²) in [5.74, 6) is 0.104. The van der Waals surface area contributed by atoms with Crippen molar-refractivity contribution in [2.75, 3.05) is 13.1 Å². The second kappa shape index (κ2) is 8.48. The van der Waals surface area contributed by atoms with Crippen LogP contribution in [0.4, 0.5) is 0 Å². The Morgan fingerprint density at radius 1 is 1.26 bits per heavy atom. The van der Waals surface area contributed by atoms with Crippen molar-refractivity contribution >= 4 is 12.0 Å². The van der Waals surface area contributed by atoms with E-state index in [4.69, 9.17) is 0 Å². The van der Waals surface area contributed by atoms with Gasteiger partial charge in [-0.15, -0.1) is 0 Å². The maximum Gasteiger partial charge on any atom is 0.221 e. The fourth-order valence-electron chi connectivity index (χ4n) is 1.77. The highest BCUT2D eigenvalue weighted by Crippen LogP contribution is 2.04. The largest absolute Gasteiger partial charge is 0.354 e. The topological polar surface area (TPSA) is 41.1 Å². The van der Waals surface area contributed by atoms with E-state index in [1.54, 1.807) is 0 Å². The van der Waals surface area contributed by atoms with Crippen LogP contribution in [-0.2, 0) is 4.79 Å². The van der Waals surface area contributed by atoms with Gasteiger partial charge in [-0.25, -0.2) is 0 Å². The van der Waals surface area contributed by atoms with Crippen LogP contribution in [0.5, 0.6) is 0 Å². The number of carbonyl (C=O) groups excluding carboxylic acids is 1. The molecule has 104 valence electrons. The standard InChI is InChI=1S/C16H24N2O/c1-13(2)18-16(19)9-10-17-12-14(3)11-15-7-5-4-6-8-15/h4-8,11,13,17H,9-10,12H2,1-3H3,(H,18,19). The molecule has 0 fully saturated rings. The Hall–Kier alpha value is -1.61. The summed E-state index contributed by atoms with van der Waals surface area (Å²) in [6.07, 6.45) is 2.68. The minimum atomic E-state index is 0.104. The van der Waals surface area contributed by atoms with Crippen molar-refractivity contribution in [1.29, 1.82) is 0 Å². The molecule has 0 atom stereocenters. The van der Waals surface area contributed by atoms with E-state index in [1.165, 1.54) is 11.1 Å². The monoisotopic (exact) mass is 260 g/mol. The summed E-state index contributed by atoms with van der Waals surface area (Å²) in [5.41, 5.74) is 2.47. The maximum absolute atomic E-state index is 11.4. The van der Waals surface area contributed by atoms with Gasteiger partial charge >= 0.3 is 0 Å². The van der Waals surface area contributed by atoms with Crippen molar-refractivity contribution < 1.29 is 4.79 Å². The van der Waals surface area contributed by atoms with Gasteiger partial charge in [-0.2, -0.15) is 0 Å². The van der Waals surface area contributed by atoms with Crippen LogP contribution in [-0.4, -0.2) is 25.0 Å². The van der Waals surface area contributed by atoms with Gasteiger partial charge in [-0.05, 0) is 26.3 Å². The van der Waals surface area contributed by atoms with E-state index in [9.17, 15) is 4.79 Å². The van der Waals surface area contributed by atoms with E-state index in [0.29, 0.717) is 13.0 Å². The van der Waals surface area contributed by atoms with Crippen LogP contribution in [0, 0.1) is 0 Å². The van der Waals surface area contributed by atoms with Gasteiger partial charge in [0.15, 0.2) is 0 Å². The SMILES string of the molecule is CC(=Cc1ccccc1)CNCCC(=O)NC(C)C. The molecule has 1 aromatic rings. The van der Waals surface area contributed by atoms with Gasteiger partial charge in [-0.3, -0.25) is 4.79 Å². The van der Waals surface area contributed by atoms with E-state index < -0.39 is 0 Å². The molecule has 0 aliphatic rings. The molecule has 3 nitrogen and oxygen atoms in total. The fourth-order valence-corrected chi connectivity index (χ4v) is 1.77. The molecule has 0 spiro atoms. The van der Waals surface area contributed by atoms with Gasteiger partial charge in [-0.1, -0.05) is 42.0 Å². The third-order valence-corrected chi connectivity index (χ3v) is 2.59. The number of amides is 1. The van der Waals surface area contributed by atoms with Crippen molar-refractivity contribution in [3.63, 3.8) is 0 Å². The lowest BCUT2D eigenvalue weighted by atomic mass is 10.1. The molecule has 0 saturated carbocycles. The molecule has 0 radical (unpaired) electrons. The molecule has 0 aliphatic heterocycles. The van der Waals surface area contributed by atoms with Crippen molar-refractivity contribution in [2.24, 2.45) is 0 Å². The summed E-state index contributed by atoms with van der Waals surface area (Å²) in [6, 6.07) is 10.5. The number of nitrogens with one attached hydrogen (secondary N) is 2. The first-order valence-corrected chi connectivity index (χ1v) is 6.80. The molecule has 0 unspecified atom stereocenters. The molecule has 2 N–H and O–H groups in total. The summed E-state index contributed by atoms with van der Waals surface area (Å²) >= 11 is 0. The second-order valence-electron chi connectivity index (χ2n) is 5.05. The van der Waals surface area contributed by atoms with E-state index in [0.717, 1.165) is 6.54 Å². The van der Waals surface area contributed by atoms with Crippen LogP contribution in [0.2, 0.25) is 0 Å². The minimum absolute atomic E-state index is 0.104. The molecule has 1 rings (SSSR count). The average Bonchev–Trinajstić information content (AvgIpc) is 2.35.